The van der Waals surface area contributed by atoms with Gasteiger partial charge in [0.15, 0.2) is 0 Å². The van der Waals surface area contributed by atoms with Crippen molar-refractivity contribution in [2.75, 3.05) is 17.3 Å². The Morgan fingerprint density at radius 1 is 1.37 bits per heavy atom. The number of nitrogens with zero attached hydrogens (tertiary/aromatic N) is 2. The number of anilines is 1. The Labute approximate surface area is 115 Å². The van der Waals surface area contributed by atoms with Gasteiger partial charge in [0, 0.05) is 25.0 Å². The van der Waals surface area contributed by atoms with E-state index < -0.39 is 9.84 Å². The van der Waals surface area contributed by atoms with E-state index in [2.05, 4.69) is 10.3 Å². The summed E-state index contributed by atoms with van der Waals surface area (Å²) in [4.78, 5) is 4.46. The average molecular weight is 285 g/mol. The van der Waals surface area contributed by atoms with Crippen molar-refractivity contribution >= 4 is 15.8 Å². The molecule has 1 aromatic rings. The third-order valence-corrected chi connectivity index (χ3v) is 4.46. The lowest BCUT2D eigenvalue weighted by molar-refractivity contribution is 0.459. The second-order valence-electron chi connectivity index (χ2n) is 5.51. The van der Waals surface area contributed by atoms with Crippen molar-refractivity contribution in [2.45, 2.75) is 51.6 Å². The summed E-state index contributed by atoms with van der Waals surface area (Å²) in [6.07, 6.45) is 9.39. The average Bonchev–Trinajstić information content (AvgIpc) is 2.67. The van der Waals surface area contributed by atoms with Crippen LogP contribution in [0.15, 0.2) is 6.20 Å². The highest BCUT2D eigenvalue weighted by molar-refractivity contribution is 7.90. The van der Waals surface area contributed by atoms with Gasteiger partial charge >= 0.3 is 0 Å². The second-order valence-corrected chi connectivity index (χ2v) is 7.77. The molecule has 5 nitrogen and oxygen atoms in total. The van der Waals surface area contributed by atoms with Gasteiger partial charge in [-0.05, 0) is 19.8 Å². The first-order chi connectivity index (χ1) is 8.94. The number of imidazole rings is 1. The molecule has 0 amide bonds. The maximum atomic E-state index is 11.3. The zero-order chi connectivity index (χ0) is 13.9. The highest BCUT2D eigenvalue weighted by atomic mass is 32.2. The highest BCUT2D eigenvalue weighted by Crippen LogP contribution is 2.21. The molecular weight excluding hydrogens is 262 g/mol. The summed E-state index contributed by atoms with van der Waals surface area (Å²) < 4.78 is 24.4. The maximum absolute atomic E-state index is 11.3. The normalized spacial score (nSPS) is 17.6. The van der Waals surface area contributed by atoms with E-state index in [-0.39, 0.29) is 5.75 Å². The Hall–Kier alpha value is -1.04. The number of hydrogen-bond acceptors (Lipinski definition) is 4. The van der Waals surface area contributed by atoms with Crippen LogP contribution in [-0.2, 0) is 16.4 Å². The molecule has 1 fully saturated rings. The van der Waals surface area contributed by atoms with Crippen molar-refractivity contribution < 1.29 is 8.42 Å². The van der Waals surface area contributed by atoms with Crippen molar-refractivity contribution in [3.8, 4) is 0 Å². The molecule has 108 valence electrons. The van der Waals surface area contributed by atoms with E-state index in [0.717, 1.165) is 11.6 Å². The van der Waals surface area contributed by atoms with Crippen LogP contribution < -0.4 is 5.32 Å². The van der Waals surface area contributed by atoms with Crippen molar-refractivity contribution in [3.05, 3.63) is 11.9 Å². The summed E-state index contributed by atoms with van der Waals surface area (Å²) in [5.74, 6) is 0.968. The van der Waals surface area contributed by atoms with E-state index >= 15 is 0 Å². The number of rotatable bonds is 5. The van der Waals surface area contributed by atoms with Gasteiger partial charge in [-0.1, -0.05) is 19.3 Å². The Balaban J connectivity index is 2.02. The fourth-order valence-electron chi connectivity index (χ4n) is 2.53. The Morgan fingerprint density at radius 3 is 2.68 bits per heavy atom. The predicted octanol–water partition coefficient (Wildman–Crippen LogP) is 1.98. The molecule has 0 atom stereocenters. The predicted molar refractivity (Wildman–Crippen MR) is 77.2 cm³/mol. The Kier molecular flexibility index (Phi) is 4.50. The van der Waals surface area contributed by atoms with Gasteiger partial charge in [-0.2, -0.15) is 0 Å². The molecule has 1 aromatic heterocycles. The van der Waals surface area contributed by atoms with Crippen LogP contribution in [0.4, 0.5) is 5.95 Å². The van der Waals surface area contributed by atoms with Crippen LogP contribution in [-0.4, -0.2) is 36.0 Å². The first-order valence-corrected chi connectivity index (χ1v) is 8.98. The molecule has 1 aliphatic rings. The lowest BCUT2D eigenvalue weighted by Crippen LogP contribution is -2.25. The molecular formula is C13H23N3O2S. The monoisotopic (exact) mass is 285 g/mol. The standard InChI is InChI=1S/C13H23N3O2S/c1-11-10-16(8-9-19(2,17)18)13(14-11)15-12-6-4-3-5-7-12/h10,12H,3-9H2,1-2H3,(H,14,15). The van der Waals surface area contributed by atoms with Gasteiger partial charge in [-0.25, -0.2) is 13.4 Å². The summed E-state index contributed by atoms with van der Waals surface area (Å²) in [6.45, 7) is 2.40. The van der Waals surface area contributed by atoms with Gasteiger partial charge in [-0.3, -0.25) is 0 Å². The van der Waals surface area contributed by atoms with Crippen molar-refractivity contribution in [2.24, 2.45) is 0 Å². The molecule has 1 N–H and O–H groups in total. The van der Waals surface area contributed by atoms with Gasteiger partial charge < -0.3 is 9.88 Å². The molecule has 0 aliphatic heterocycles. The molecule has 0 aromatic carbocycles. The molecule has 2 rings (SSSR count). The van der Waals surface area contributed by atoms with Gasteiger partial charge in [-0.15, -0.1) is 0 Å². The van der Waals surface area contributed by atoms with Crippen molar-refractivity contribution in [3.63, 3.8) is 0 Å². The van der Waals surface area contributed by atoms with E-state index in [4.69, 9.17) is 0 Å². The molecule has 0 saturated heterocycles. The molecule has 0 radical (unpaired) electrons. The summed E-state index contributed by atoms with van der Waals surface area (Å²) in [5, 5.41) is 3.46. The fourth-order valence-corrected chi connectivity index (χ4v) is 3.05. The topological polar surface area (TPSA) is 64.0 Å². The lowest BCUT2D eigenvalue weighted by Gasteiger charge is -2.23. The van der Waals surface area contributed by atoms with E-state index in [1.807, 2.05) is 17.7 Å². The lowest BCUT2D eigenvalue weighted by atomic mass is 9.96. The molecule has 1 heterocycles. The molecule has 0 unspecified atom stereocenters. The smallest absolute Gasteiger partial charge is 0.203 e. The molecule has 6 heteroatoms. The number of nitrogens with one attached hydrogen (secondary N) is 1. The number of sulfone groups is 1. The summed E-state index contributed by atoms with van der Waals surface area (Å²) in [6, 6.07) is 0.479. The summed E-state index contributed by atoms with van der Waals surface area (Å²) in [7, 11) is -2.94. The third kappa shape index (κ3) is 4.53. The molecule has 1 saturated carbocycles. The van der Waals surface area contributed by atoms with E-state index in [9.17, 15) is 8.42 Å². The fraction of sp³-hybridized carbons (Fsp3) is 0.769. The van der Waals surface area contributed by atoms with Crippen molar-refractivity contribution in [1.29, 1.82) is 0 Å². The number of hydrogen-bond donors (Lipinski definition) is 1. The zero-order valence-corrected chi connectivity index (χ0v) is 12.5. The van der Waals surface area contributed by atoms with E-state index in [1.165, 1.54) is 38.4 Å². The quantitative estimate of drug-likeness (QED) is 0.898. The molecule has 1 aliphatic carbocycles. The van der Waals surface area contributed by atoms with Crippen LogP contribution in [0.2, 0.25) is 0 Å². The summed E-state index contributed by atoms with van der Waals surface area (Å²) in [5.41, 5.74) is 0.923. The maximum Gasteiger partial charge on any atom is 0.203 e. The Morgan fingerprint density at radius 2 is 2.05 bits per heavy atom. The van der Waals surface area contributed by atoms with Crippen LogP contribution in [0.25, 0.3) is 0 Å². The minimum Gasteiger partial charge on any atom is -0.353 e. The first-order valence-electron chi connectivity index (χ1n) is 6.92. The van der Waals surface area contributed by atoms with Crippen LogP contribution in [0.1, 0.15) is 37.8 Å². The number of aromatic nitrogens is 2. The minimum atomic E-state index is -2.94. The SMILES string of the molecule is Cc1cn(CCS(C)(=O)=O)c(NC2CCCCC2)n1. The van der Waals surface area contributed by atoms with Crippen molar-refractivity contribution in [1.82, 2.24) is 9.55 Å². The zero-order valence-electron chi connectivity index (χ0n) is 11.7. The molecule has 0 bridgehead atoms. The molecule has 19 heavy (non-hydrogen) atoms. The van der Waals surface area contributed by atoms with E-state index in [1.54, 1.807) is 0 Å². The number of aryl methyl sites for hydroxylation is 2. The Bertz CT molecular complexity index is 516. The summed E-state index contributed by atoms with van der Waals surface area (Å²) >= 11 is 0. The van der Waals surface area contributed by atoms with Crippen LogP contribution in [0.5, 0.6) is 0 Å². The van der Waals surface area contributed by atoms with Crippen LogP contribution in [0.3, 0.4) is 0 Å². The van der Waals surface area contributed by atoms with Gasteiger partial charge in [0.2, 0.25) is 5.95 Å². The van der Waals surface area contributed by atoms with Crippen LogP contribution >= 0.6 is 0 Å². The van der Waals surface area contributed by atoms with Gasteiger partial charge in [0.25, 0.3) is 0 Å². The van der Waals surface area contributed by atoms with Gasteiger partial charge in [0.1, 0.15) is 9.84 Å². The highest BCUT2D eigenvalue weighted by Gasteiger charge is 2.16. The largest absolute Gasteiger partial charge is 0.353 e. The van der Waals surface area contributed by atoms with Crippen LogP contribution in [0, 0.1) is 6.92 Å². The minimum absolute atomic E-state index is 0.155. The van der Waals surface area contributed by atoms with Gasteiger partial charge in [0.05, 0.1) is 11.4 Å². The third-order valence-electron chi connectivity index (χ3n) is 3.54. The van der Waals surface area contributed by atoms with E-state index in [0.29, 0.717) is 12.6 Å². The second kappa shape index (κ2) is 5.94. The molecule has 0 spiro atoms. The first kappa shape index (κ1) is 14.4.